The Kier molecular flexibility index (Phi) is 6.82. The van der Waals surface area contributed by atoms with Gasteiger partial charge in [-0.2, -0.15) is 0 Å². The van der Waals surface area contributed by atoms with Gasteiger partial charge in [0.25, 0.3) is 0 Å². The van der Waals surface area contributed by atoms with E-state index in [9.17, 15) is 0 Å². The Hall–Kier alpha value is -1.85. The van der Waals surface area contributed by atoms with Crippen LogP contribution in [0, 0.1) is 5.41 Å². The normalized spacial score (nSPS) is 16.4. The van der Waals surface area contributed by atoms with Crippen molar-refractivity contribution in [3.05, 3.63) is 18.5 Å². The number of rotatable bonds is 5. The highest BCUT2D eigenvalue weighted by molar-refractivity contribution is 5.80. The molecule has 0 amide bonds. The summed E-state index contributed by atoms with van der Waals surface area (Å²) in [7, 11) is 1.87. The number of piperazine rings is 1. The van der Waals surface area contributed by atoms with Crippen LogP contribution in [-0.4, -0.2) is 60.6 Å². The molecule has 2 rings (SSSR count). The maximum absolute atomic E-state index is 4.44. The van der Waals surface area contributed by atoms with Crippen molar-refractivity contribution < 1.29 is 0 Å². The summed E-state index contributed by atoms with van der Waals surface area (Å²) in [5.41, 5.74) is 0.428. The van der Waals surface area contributed by atoms with Gasteiger partial charge >= 0.3 is 0 Å². The van der Waals surface area contributed by atoms with E-state index in [0.29, 0.717) is 5.41 Å². The summed E-state index contributed by atoms with van der Waals surface area (Å²) in [6.45, 7) is 11.6. The lowest BCUT2D eigenvalue weighted by molar-refractivity contribution is 0.355. The Morgan fingerprint density at radius 2 is 1.79 bits per heavy atom. The van der Waals surface area contributed by atoms with E-state index in [-0.39, 0.29) is 0 Å². The number of aliphatic imine (C=N–C) groups is 1. The monoisotopic (exact) mass is 332 g/mol. The number of anilines is 1. The molecule has 0 radical (unpaired) electrons. The van der Waals surface area contributed by atoms with Gasteiger partial charge in [0, 0.05) is 52.2 Å². The van der Waals surface area contributed by atoms with E-state index >= 15 is 0 Å². The SMILES string of the molecule is CN=C(NCCCCC(C)(C)C)N1CCN(c2ncccn2)CC1. The molecule has 0 aliphatic carbocycles. The second kappa shape index (κ2) is 8.85. The predicted octanol–water partition coefficient (Wildman–Crippen LogP) is 2.39. The van der Waals surface area contributed by atoms with Crippen LogP contribution in [0.25, 0.3) is 0 Å². The molecule has 0 saturated carbocycles. The summed E-state index contributed by atoms with van der Waals surface area (Å²) in [4.78, 5) is 17.7. The molecule has 0 spiro atoms. The van der Waals surface area contributed by atoms with Crippen molar-refractivity contribution in [1.29, 1.82) is 0 Å². The molecule has 1 fully saturated rings. The molecule has 0 aromatic carbocycles. The van der Waals surface area contributed by atoms with Gasteiger partial charge in [-0.25, -0.2) is 9.97 Å². The van der Waals surface area contributed by atoms with Gasteiger partial charge in [0.05, 0.1) is 0 Å². The first kappa shape index (κ1) is 18.5. The molecule has 2 heterocycles. The lowest BCUT2D eigenvalue weighted by Gasteiger charge is -2.36. The van der Waals surface area contributed by atoms with Gasteiger partial charge < -0.3 is 15.1 Å². The summed E-state index contributed by atoms with van der Waals surface area (Å²) < 4.78 is 0. The maximum atomic E-state index is 4.44. The van der Waals surface area contributed by atoms with Crippen LogP contribution in [0.3, 0.4) is 0 Å². The number of unbranched alkanes of at least 4 members (excludes halogenated alkanes) is 1. The van der Waals surface area contributed by atoms with Crippen LogP contribution in [0.4, 0.5) is 5.95 Å². The molecule has 6 heteroatoms. The molecule has 6 nitrogen and oxygen atoms in total. The van der Waals surface area contributed by atoms with Crippen LogP contribution >= 0.6 is 0 Å². The standard InChI is InChI=1S/C18H32N6/c1-18(2,3)8-5-6-9-20-16(19-4)23-12-14-24(15-13-23)17-21-10-7-11-22-17/h7,10-11H,5-6,8-9,12-15H2,1-4H3,(H,19,20). The molecule has 1 aliphatic heterocycles. The highest BCUT2D eigenvalue weighted by atomic mass is 15.4. The molecule has 1 saturated heterocycles. The van der Waals surface area contributed by atoms with E-state index in [4.69, 9.17) is 0 Å². The summed E-state index contributed by atoms with van der Waals surface area (Å²) in [5, 5.41) is 3.51. The number of nitrogens with zero attached hydrogens (tertiary/aromatic N) is 5. The van der Waals surface area contributed by atoms with E-state index in [1.54, 1.807) is 12.4 Å². The van der Waals surface area contributed by atoms with E-state index in [2.05, 4.69) is 50.8 Å². The van der Waals surface area contributed by atoms with E-state index in [1.807, 2.05) is 13.1 Å². The maximum Gasteiger partial charge on any atom is 0.225 e. The summed E-state index contributed by atoms with van der Waals surface area (Å²) >= 11 is 0. The van der Waals surface area contributed by atoms with E-state index in [1.165, 1.54) is 19.3 Å². The first-order valence-electron chi connectivity index (χ1n) is 8.97. The molecule has 134 valence electrons. The zero-order chi connectivity index (χ0) is 17.4. The third kappa shape index (κ3) is 5.98. The molecule has 1 N–H and O–H groups in total. The van der Waals surface area contributed by atoms with Gasteiger partial charge in [-0.3, -0.25) is 4.99 Å². The zero-order valence-corrected chi connectivity index (χ0v) is 15.6. The minimum Gasteiger partial charge on any atom is -0.356 e. The average molecular weight is 332 g/mol. The first-order chi connectivity index (χ1) is 11.5. The fourth-order valence-corrected chi connectivity index (χ4v) is 2.89. The topological polar surface area (TPSA) is 56.7 Å². The smallest absolute Gasteiger partial charge is 0.225 e. The van der Waals surface area contributed by atoms with E-state index in [0.717, 1.165) is 44.6 Å². The predicted molar refractivity (Wildman–Crippen MR) is 100 cm³/mol. The van der Waals surface area contributed by atoms with Crippen molar-refractivity contribution in [3.8, 4) is 0 Å². The molecule has 1 aromatic heterocycles. The summed E-state index contributed by atoms with van der Waals surface area (Å²) in [5.74, 6) is 1.83. The van der Waals surface area contributed by atoms with Crippen LogP contribution in [0.15, 0.2) is 23.5 Å². The van der Waals surface area contributed by atoms with Crippen molar-refractivity contribution in [2.45, 2.75) is 40.0 Å². The van der Waals surface area contributed by atoms with Crippen LogP contribution < -0.4 is 10.2 Å². The van der Waals surface area contributed by atoms with Crippen LogP contribution in [0.5, 0.6) is 0 Å². The Bertz CT molecular complexity index is 500. The first-order valence-corrected chi connectivity index (χ1v) is 8.97. The van der Waals surface area contributed by atoms with Crippen molar-refractivity contribution in [1.82, 2.24) is 20.2 Å². The summed E-state index contributed by atoms with van der Waals surface area (Å²) in [6.07, 6.45) is 7.31. The zero-order valence-electron chi connectivity index (χ0n) is 15.6. The Morgan fingerprint density at radius 1 is 1.12 bits per heavy atom. The van der Waals surface area contributed by atoms with Crippen LogP contribution in [-0.2, 0) is 0 Å². The Labute approximate surface area is 146 Å². The minimum absolute atomic E-state index is 0.428. The highest BCUT2D eigenvalue weighted by Crippen LogP contribution is 2.21. The van der Waals surface area contributed by atoms with Gasteiger partial charge in [-0.1, -0.05) is 27.2 Å². The Morgan fingerprint density at radius 3 is 2.38 bits per heavy atom. The molecular weight excluding hydrogens is 300 g/mol. The summed E-state index contributed by atoms with van der Waals surface area (Å²) in [6, 6.07) is 1.85. The molecule has 0 atom stereocenters. The van der Waals surface area contributed by atoms with Crippen molar-refractivity contribution in [3.63, 3.8) is 0 Å². The average Bonchev–Trinajstić information content (AvgIpc) is 2.58. The third-order valence-electron chi connectivity index (χ3n) is 4.26. The molecular formula is C18H32N6. The van der Waals surface area contributed by atoms with Gasteiger partial charge in [0.1, 0.15) is 0 Å². The van der Waals surface area contributed by atoms with Gasteiger partial charge in [0.2, 0.25) is 5.95 Å². The number of guanidine groups is 1. The fraction of sp³-hybridized carbons (Fsp3) is 0.722. The largest absolute Gasteiger partial charge is 0.356 e. The number of hydrogen-bond acceptors (Lipinski definition) is 4. The lowest BCUT2D eigenvalue weighted by Crippen LogP contribution is -2.53. The van der Waals surface area contributed by atoms with Crippen molar-refractivity contribution >= 4 is 11.9 Å². The number of aromatic nitrogens is 2. The fourth-order valence-electron chi connectivity index (χ4n) is 2.89. The quantitative estimate of drug-likeness (QED) is 0.510. The van der Waals surface area contributed by atoms with Gasteiger partial charge in [0.15, 0.2) is 5.96 Å². The van der Waals surface area contributed by atoms with Crippen LogP contribution in [0.2, 0.25) is 0 Å². The second-order valence-electron chi connectivity index (χ2n) is 7.51. The van der Waals surface area contributed by atoms with Crippen LogP contribution in [0.1, 0.15) is 40.0 Å². The highest BCUT2D eigenvalue weighted by Gasteiger charge is 2.20. The van der Waals surface area contributed by atoms with E-state index < -0.39 is 0 Å². The molecule has 0 unspecified atom stereocenters. The molecule has 1 aliphatic rings. The third-order valence-corrected chi connectivity index (χ3v) is 4.26. The lowest BCUT2D eigenvalue weighted by atomic mass is 9.90. The molecule has 1 aromatic rings. The molecule has 24 heavy (non-hydrogen) atoms. The second-order valence-corrected chi connectivity index (χ2v) is 7.51. The number of nitrogens with one attached hydrogen (secondary N) is 1. The van der Waals surface area contributed by atoms with Crippen molar-refractivity contribution in [2.24, 2.45) is 10.4 Å². The minimum atomic E-state index is 0.428. The Balaban J connectivity index is 1.71. The van der Waals surface area contributed by atoms with Crippen molar-refractivity contribution in [2.75, 3.05) is 44.7 Å². The van der Waals surface area contributed by atoms with Gasteiger partial charge in [-0.05, 0) is 24.3 Å². The van der Waals surface area contributed by atoms with Gasteiger partial charge in [-0.15, -0.1) is 0 Å². The molecule has 0 bridgehead atoms. The number of hydrogen-bond donors (Lipinski definition) is 1.